The van der Waals surface area contributed by atoms with Gasteiger partial charge in [0.05, 0.1) is 78.1 Å². The molecule has 0 saturated carbocycles. The fourth-order valence-electron chi connectivity index (χ4n) is 6.81. The van der Waals surface area contributed by atoms with Gasteiger partial charge in [-0.25, -0.2) is 24.9 Å². The summed E-state index contributed by atoms with van der Waals surface area (Å²) in [7, 11) is 0. The molecule has 0 radical (unpaired) electrons. The van der Waals surface area contributed by atoms with Crippen LogP contribution in [0.2, 0.25) is 0 Å². The summed E-state index contributed by atoms with van der Waals surface area (Å²) >= 11 is 8.63. The molecule has 0 saturated heterocycles. The van der Waals surface area contributed by atoms with Crippen molar-refractivity contribution >= 4 is 108 Å². The fourth-order valence-corrected chi connectivity index (χ4v) is 10.9. The molecule has 0 unspecified atom stereocenters. The van der Waals surface area contributed by atoms with Crippen LogP contribution in [0.15, 0.2) is 119 Å². The zero-order valence-electron chi connectivity index (χ0n) is 40.8. The highest BCUT2D eigenvalue weighted by Gasteiger charge is 2.20. The van der Waals surface area contributed by atoms with Crippen molar-refractivity contribution in [1.82, 2.24) is 24.9 Å². The number of para-hydroxylation sites is 2. The average Bonchev–Trinajstić information content (AvgIpc) is 4.08. The fraction of sp³-hybridized carbons (Fsp3) is 0.364. The van der Waals surface area contributed by atoms with Gasteiger partial charge in [-0.05, 0) is 92.4 Å². The molecule has 5 heterocycles. The lowest BCUT2D eigenvalue weighted by atomic mass is 9.86. The monoisotopic (exact) mass is 955 g/mol. The molecule has 5 nitrogen and oxygen atoms in total. The lowest BCUT2D eigenvalue weighted by Gasteiger charge is -2.19. The summed E-state index contributed by atoms with van der Waals surface area (Å²) in [5.74, 6) is 0. The Kier molecular flexibility index (Phi) is 15.5. The van der Waals surface area contributed by atoms with Crippen LogP contribution < -0.4 is 0 Å². The standard InChI is InChI=1S/5C11H13NS/c1-11(2,3)8-4-5-10-9(6-8)12-7-13-10;1-11(2,3)8-4-5-9-10(6-8)13-7-12-9;1-11(2,3)8-5-4-6-9-10(8)12-7-13-9;1-11(2,3)8-5-4-6-9-10(8)13-7-12-9;1-11(2,3)10-12-8-6-4-5-7-9(8)13-10/h5*4-7H,1-3H3. The lowest BCUT2D eigenvalue weighted by molar-refractivity contribution is 0.587. The third-order valence-electron chi connectivity index (χ3n) is 10.7. The molecule has 340 valence electrons. The Morgan fingerprint density at radius 2 is 0.877 bits per heavy atom. The predicted molar refractivity (Wildman–Crippen MR) is 292 cm³/mol. The maximum atomic E-state index is 4.60. The summed E-state index contributed by atoms with van der Waals surface area (Å²) in [6, 6.07) is 34.1. The zero-order valence-corrected chi connectivity index (χ0v) is 44.9. The predicted octanol–water partition coefficient (Wildman–Crippen LogP) is 18.0. The van der Waals surface area contributed by atoms with E-state index in [0.29, 0.717) is 0 Å². The first-order chi connectivity index (χ1) is 30.4. The van der Waals surface area contributed by atoms with Crippen molar-refractivity contribution in [2.45, 2.75) is 131 Å². The van der Waals surface area contributed by atoms with Crippen LogP contribution in [0.4, 0.5) is 0 Å². The highest BCUT2D eigenvalue weighted by atomic mass is 32.1. The van der Waals surface area contributed by atoms with E-state index in [-0.39, 0.29) is 27.1 Å². The molecule has 10 rings (SSSR count). The summed E-state index contributed by atoms with van der Waals surface area (Å²) in [6.45, 7) is 33.3. The molecule has 0 spiro atoms. The summed E-state index contributed by atoms with van der Waals surface area (Å²) in [5, 5.41) is 1.22. The van der Waals surface area contributed by atoms with Crippen LogP contribution in [-0.2, 0) is 27.1 Å². The quantitative estimate of drug-likeness (QED) is 0.152. The molecule has 0 aliphatic carbocycles. The SMILES string of the molecule is CC(C)(C)c1ccc2ncsc2c1.CC(C)(C)c1ccc2scnc2c1.CC(C)(C)c1cccc2ncsc12.CC(C)(C)c1cccc2scnc12.CC(C)(C)c1nc2ccccc2s1. The van der Waals surface area contributed by atoms with Gasteiger partial charge in [0.15, 0.2) is 0 Å². The molecule has 0 aliphatic heterocycles. The molecule has 5 aromatic carbocycles. The van der Waals surface area contributed by atoms with E-state index >= 15 is 0 Å². The molecule has 0 atom stereocenters. The second-order valence-electron chi connectivity index (χ2n) is 21.3. The Labute approximate surface area is 407 Å². The highest BCUT2D eigenvalue weighted by molar-refractivity contribution is 7.19. The second-order valence-corrected chi connectivity index (χ2v) is 25.9. The Morgan fingerprint density at radius 1 is 0.354 bits per heavy atom. The first-order valence-electron chi connectivity index (χ1n) is 22.1. The third kappa shape index (κ3) is 13.1. The first-order valence-corrected chi connectivity index (χ1v) is 26.4. The molecule has 0 N–H and O–H groups in total. The number of hydrogen-bond donors (Lipinski definition) is 0. The maximum absolute atomic E-state index is 4.60. The molecule has 0 fully saturated rings. The largest absolute Gasteiger partial charge is 0.245 e. The zero-order chi connectivity index (χ0) is 47.4. The normalized spacial score (nSPS) is 12.2. The van der Waals surface area contributed by atoms with Gasteiger partial charge in [-0.3, -0.25) is 0 Å². The number of aromatic nitrogens is 5. The number of nitrogens with zero attached hydrogens (tertiary/aromatic N) is 5. The number of fused-ring (bicyclic) bond motifs is 5. The number of benzene rings is 5. The van der Waals surface area contributed by atoms with Gasteiger partial charge in [0.1, 0.15) is 0 Å². The summed E-state index contributed by atoms with van der Waals surface area (Å²) < 4.78 is 6.45. The van der Waals surface area contributed by atoms with Gasteiger partial charge in [-0.1, -0.05) is 152 Å². The molecular formula is C55H65N5S5. The van der Waals surface area contributed by atoms with Crippen molar-refractivity contribution in [2.75, 3.05) is 0 Å². The van der Waals surface area contributed by atoms with Crippen LogP contribution >= 0.6 is 56.7 Å². The molecule has 10 heteroatoms. The van der Waals surface area contributed by atoms with Crippen molar-refractivity contribution in [3.8, 4) is 0 Å². The molecule has 0 aliphatic rings. The number of thiazole rings is 5. The Balaban J connectivity index is 0.000000135. The van der Waals surface area contributed by atoms with Crippen molar-refractivity contribution in [3.63, 3.8) is 0 Å². The first kappa shape index (κ1) is 50.0. The molecule has 0 bridgehead atoms. The van der Waals surface area contributed by atoms with Gasteiger partial charge < -0.3 is 0 Å². The molecule has 65 heavy (non-hydrogen) atoms. The van der Waals surface area contributed by atoms with E-state index in [1.165, 1.54) is 56.3 Å². The van der Waals surface area contributed by atoms with Crippen molar-refractivity contribution in [3.05, 3.63) is 146 Å². The minimum absolute atomic E-state index is 0.170. The van der Waals surface area contributed by atoms with Gasteiger partial charge in [-0.2, -0.15) is 0 Å². The van der Waals surface area contributed by atoms with Crippen molar-refractivity contribution < 1.29 is 0 Å². The summed E-state index contributed by atoms with van der Waals surface area (Å²) in [5.41, 5.74) is 19.8. The van der Waals surface area contributed by atoms with Gasteiger partial charge in [0.2, 0.25) is 0 Å². The number of hydrogen-bond acceptors (Lipinski definition) is 10. The van der Waals surface area contributed by atoms with Crippen LogP contribution in [-0.4, -0.2) is 24.9 Å². The lowest BCUT2D eigenvalue weighted by Crippen LogP contribution is -2.11. The average molecular weight is 956 g/mol. The van der Waals surface area contributed by atoms with Crippen LogP contribution in [0, 0.1) is 0 Å². The Morgan fingerprint density at radius 3 is 1.54 bits per heavy atom. The maximum Gasteiger partial charge on any atom is 0.0992 e. The van der Waals surface area contributed by atoms with Crippen molar-refractivity contribution in [2.24, 2.45) is 0 Å². The van der Waals surface area contributed by atoms with Crippen LogP contribution in [0.3, 0.4) is 0 Å². The third-order valence-corrected chi connectivity index (χ3v) is 15.4. The molecule has 0 amide bonds. The van der Waals surface area contributed by atoms with Crippen LogP contribution in [0.25, 0.3) is 51.1 Å². The number of rotatable bonds is 0. The van der Waals surface area contributed by atoms with E-state index in [4.69, 9.17) is 0 Å². The van der Waals surface area contributed by atoms with Crippen molar-refractivity contribution in [1.29, 1.82) is 0 Å². The van der Waals surface area contributed by atoms with Crippen LogP contribution in [0.1, 0.15) is 131 Å². The smallest absolute Gasteiger partial charge is 0.0992 e. The minimum Gasteiger partial charge on any atom is -0.245 e. The van der Waals surface area contributed by atoms with Gasteiger partial charge in [0.25, 0.3) is 0 Å². The van der Waals surface area contributed by atoms with E-state index in [1.807, 2.05) is 28.1 Å². The van der Waals surface area contributed by atoms with E-state index in [2.05, 4.69) is 220 Å². The highest BCUT2D eigenvalue weighted by Crippen LogP contribution is 2.34. The van der Waals surface area contributed by atoms with E-state index in [1.54, 1.807) is 56.7 Å². The Bertz CT molecular complexity index is 2870. The van der Waals surface area contributed by atoms with Crippen LogP contribution in [0.5, 0.6) is 0 Å². The van der Waals surface area contributed by atoms with E-state index in [9.17, 15) is 0 Å². The van der Waals surface area contributed by atoms with Gasteiger partial charge in [0, 0.05) is 5.41 Å². The Hall–Kier alpha value is -4.45. The minimum atomic E-state index is 0.170. The van der Waals surface area contributed by atoms with E-state index in [0.717, 1.165) is 22.1 Å². The molecule has 5 aromatic heterocycles. The van der Waals surface area contributed by atoms with Gasteiger partial charge in [-0.15, -0.1) is 56.7 Å². The summed E-state index contributed by atoms with van der Waals surface area (Å²) in [4.78, 5) is 21.9. The van der Waals surface area contributed by atoms with E-state index < -0.39 is 0 Å². The summed E-state index contributed by atoms with van der Waals surface area (Å²) in [6.07, 6.45) is 0. The van der Waals surface area contributed by atoms with Gasteiger partial charge >= 0.3 is 0 Å². The topological polar surface area (TPSA) is 64.5 Å². The molecular weight excluding hydrogens is 891 g/mol. The second kappa shape index (κ2) is 20.2. The molecule has 10 aromatic rings.